The molecule has 0 aliphatic rings. The van der Waals surface area contributed by atoms with E-state index in [2.05, 4.69) is 9.97 Å². The molecule has 2 heterocycles. The maximum atomic E-state index is 13.8. The molecule has 0 spiro atoms. The zero-order valence-electron chi connectivity index (χ0n) is 10.2. The first-order valence-corrected chi connectivity index (χ1v) is 5.78. The van der Waals surface area contributed by atoms with Gasteiger partial charge >= 0.3 is 0 Å². The first kappa shape index (κ1) is 12.0. The number of aromatic amines is 1. The number of aromatic nitrogens is 2. The number of halogens is 1. The van der Waals surface area contributed by atoms with Crippen LogP contribution >= 0.6 is 0 Å². The molecule has 3 aromatic rings. The molecule has 0 unspecified atom stereocenters. The minimum Gasteiger partial charge on any atom is -0.453 e. The summed E-state index contributed by atoms with van der Waals surface area (Å²) in [6, 6.07) is 7.77. The second-order valence-corrected chi connectivity index (χ2v) is 4.14. The molecule has 0 amide bonds. The Morgan fingerprint density at radius 3 is 2.90 bits per heavy atom. The Bertz CT molecular complexity index is 835. The Kier molecular flexibility index (Phi) is 2.73. The lowest BCUT2D eigenvalue weighted by Crippen LogP contribution is -1.92. The molecule has 0 saturated heterocycles. The Morgan fingerprint density at radius 2 is 2.15 bits per heavy atom. The van der Waals surface area contributed by atoms with Crippen molar-refractivity contribution in [1.29, 1.82) is 5.26 Å². The lowest BCUT2D eigenvalue weighted by atomic mass is 10.2. The Hall–Kier alpha value is -3.07. The van der Waals surface area contributed by atoms with Crippen LogP contribution in [0, 0.1) is 17.1 Å². The fourth-order valence-corrected chi connectivity index (χ4v) is 1.92. The third-order valence-corrected chi connectivity index (χ3v) is 2.83. The van der Waals surface area contributed by atoms with Gasteiger partial charge in [0.15, 0.2) is 11.6 Å². The van der Waals surface area contributed by atoms with Crippen molar-refractivity contribution in [1.82, 2.24) is 9.97 Å². The maximum Gasteiger partial charge on any atom is 0.167 e. The van der Waals surface area contributed by atoms with E-state index in [0.29, 0.717) is 28.0 Å². The van der Waals surface area contributed by atoms with E-state index in [1.165, 1.54) is 24.5 Å². The number of pyridine rings is 1. The van der Waals surface area contributed by atoms with Gasteiger partial charge in [-0.05, 0) is 18.2 Å². The lowest BCUT2D eigenvalue weighted by molar-refractivity contribution is 0.446. The molecule has 20 heavy (non-hydrogen) atoms. The number of nitrogens with two attached hydrogens (primary N) is 1. The standard InChI is InChI=1S/C14H9FN4O/c15-10-5-9(17)1-2-11(10)20-12-3-4-18-14-13(12)8(6-16)7-19-14/h1-5,7H,17H2,(H,18,19). The highest BCUT2D eigenvalue weighted by molar-refractivity contribution is 5.88. The number of rotatable bonds is 2. The summed E-state index contributed by atoms with van der Waals surface area (Å²) in [6.45, 7) is 0. The average molecular weight is 268 g/mol. The number of nitrogen functional groups attached to an aromatic ring is 1. The van der Waals surface area contributed by atoms with Gasteiger partial charge in [-0.1, -0.05) is 0 Å². The van der Waals surface area contributed by atoms with Gasteiger partial charge in [-0.2, -0.15) is 5.26 Å². The number of fused-ring (bicyclic) bond motifs is 1. The van der Waals surface area contributed by atoms with Crippen LogP contribution in [0.5, 0.6) is 11.5 Å². The fraction of sp³-hybridized carbons (Fsp3) is 0. The van der Waals surface area contributed by atoms with Gasteiger partial charge < -0.3 is 15.5 Å². The summed E-state index contributed by atoms with van der Waals surface area (Å²) >= 11 is 0. The molecule has 6 heteroatoms. The van der Waals surface area contributed by atoms with Gasteiger partial charge in [0.2, 0.25) is 0 Å². The van der Waals surface area contributed by atoms with Crippen molar-refractivity contribution in [2.24, 2.45) is 0 Å². The largest absolute Gasteiger partial charge is 0.453 e. The monoisotopic (exact) mass is 268 g/mol. The van der Waals surface area contributed by atoms with Crippen LogP contribution < -0.4 is 10.5 Å². The van der Waals surface area contributed by atoms with Gasteiger partial charge in [0.1, 0.15) is 17.5 Å². The third kappa shape index (κ3) is 1.91. The number of hydrogen-bond donors (Lipinski definition) is 2. The number of hydrogen-bond acceptors (Lipinski definition) is 4. The van der Waals surface area contributed by atoms with E-state index >= 15 is 0 Å². The summed E-state index contributed by atoms with van der Waals surface area (Å²) in [5.41, 5.74) is 6.70. The number of H-pyrrole nitrogens is 1. The molecule has 0 bridgehead atoms. The van der Waals surface area contributed by atoms with Crippen LogP contribution in [0.4, 0.5) is 10.1 Å². The molecule has 0 radical (unpaired) electrons. The summed E-state index contributed by atoms with van der Waals surface area (Å²) < 4.78 is 19.3. The molecule has 3 N–H and O–H groups in total. The smallest absolute Gasteiger partial charge is 0.167 e. The van der Waals surface area contributed by atoms with E-state index in [1.54, 1.807) is 12.1 Å². The molecule has 1 aromatic carbocycles. The van der Waals surface area contributed by atoms with Crippen LogP contribution in [-0.2, 0) is 0 Å². The average Bonchev–Trinajstić information content (AvgIpc) is 2.86. The van der Waals surface area contributed by atoms with Crippen LogP contribution in [0.25, 0.3) is 11.0 Å². The van der Waals surface area contributed by atoms with Crippen molar-refractivity contribution in [2.45, 2.75) is 0 Å². The summed E-state index contributed by atoms with van der Waals surface area (Å²) in [5, 5.41) is 9.58. The van der Waals surface area contributed by atoms with Crippen molar-refractivity contribution < 1.29 is 9.13 Å². The molecule has 2 aromatic heterocycles. The van der Waals surface area contributed by atoms with Crippen LogP contribution in [-0.4, -0.2) is 9.97 Å². The lowest BCUT2D eigenvalue weighted by Gasteiger charge is -2.08. The SMILES string of the molecule is N#Cc1c[nH]c2nccc(Oc3ccc(N)cc3F)c12. The predicted molar refractivity (Wildman–Crippen MR) is 71.7 cm³/mol. The van der Waals surface area contributed by atoms with E-state index in [0.717, 1.165) is 0 Å². The summed E-state index contributed by atoms with van der Waals surface area (Å²) in [7, 11) is 0. The minimum atomic E-state index is -0.566. The molecule has 0 aliphatic carbocycles. The Labute approximate surface area is 113 Å². The van der Waals surface area contributed by atoms with Crippen molar-refractivity contribution >= 4 is 16.7 Å². The first-order chi connectivity index (χ1) is 9.69. The van der Waals surface area contributed by atoms with Gasteiger partial charge in [0, 0.05) is 24.1 Å². The molecule has 3 rings (SSSR count). The number of nitriles is 1. The predicted octanol–water partition coefficient (Wildman–Crippen LogP) is 2.95. The van der Waals surface area contributed by atoms with E-state index < -0.39 is 5.82 Å². The second kappa shape index (κ2) is 4.55. The highest BCUT2D eigenvalue weighted by atomic mass is 19.1. The van der Waals surface area contributed by atoms with Crippen LogP contribution in [0.1, 0.15) is 5.56 Å². The van der Waals surface area contributed by atoms with E-state index in [9.17, 15) is 4.39 Å². The molecule has 98 valence electrons. The fourth-order valence-electron chi connectivity index (χ4n) is 1.92. The van der Waals surface area contributed by atoms with Crippen molar-refractivity contribution in [3.63, 3.8) is 0 Å². The van der Waals surface area contributed by atoms with Crippen molar-refractivity contribution in [3.05, 3.63) is 48.0 Å². The zero-order chi connectivity index (χ0) is 14.1. The third-order valence-electron chi connectivity index (χ3n) is 2.83. The molecule has 0 atom stereocenters. The number of ether oxygens (including phenoxy) is 1. The molecule has 0 saturated carbocycles. The Balaban J connectivity index is 2.11. The van der Waals surface area contributed by atoms with Gasteiger partial charge in [-0.25, -0.2) is 9.37 Å². The molecule has 0 fully saturated rings. The number of nitrogens with zero attached hydrogens (tertiary/aromatic N) is 2. The van der Waals surface area contributed by atoms with E-state index in [-0.39, 0.29) is 5.75 Å². The summed E-state index contributed by atoms with van der Waals surface area (Å²) in [4.78, 5) is 6.95. The van der Waals surface area contributed by atoms with Gasteiger partial charge in [0.05, 0.1) is 10.9 Å². The maximum absolute atomic E-state index is 13.8. The number of anilines is 1. The Morgan fingerprint density at radius 1 is 1.30 bits per heavy atom. The molecule has 5 nitrogen and oxygen atoms in total. The highest BCUT2D eigenvalue weighted by Crippen LogP contribution is 2.32. The van der Waals surface area contributed by atoms with E-state index in [4.69, 9.17) is 15.7 Å². The summed E-state index contributed by atoms with van der Waals surface area (Å²) in [6.07, 6.45) is 3.05. The topological polar surface area (TPSA) is 87.7 Å². The normalized spacial score (nSPS) is 10.4. The van der Waals surface area contributed by atoms with Gasteiger partial charge in [0.25, 0.3) is 0 Å². The van der Waals surface area contributed by atoms with Crippen molar-refractivity contribution in [3.8, 4) is 17.6 Å². The molecular formula is C14H9FN4O. The first-order valence-electron chi connectivity index (χ1n) is 5.78. The van der Waals surface area contributed by atoms with Crippen molar-refractivity contribution in [2.75, 3.05) is 5.73 Å². The van der Waals surface area contributed by atoms with Gasteiger partial charge in [-0.15, -0.1) is 0 Å². The number of benzene rings is 1. The second-order valence-electron chi connectivity index (χ2n) is 4.14. The van der Waals surface area contributed by atoms with E-state index in [1.807, 2.05) is 6.07 Å². The minimum absolute atomic E-state index is 0.0387. The van der Waals surface area contributed by atoms with Crippen LogP contribution in [0.15, 0.2) is 36.7 Å². The zero-order valence-corrected chi connectivity index (χ0v) is 10.2. The molecular weight excluding hydrogens is 259 g/mol. The van der Waals surface area contributed by atoms with Crippen LogP contribution in [0.3, 0.4) is 0 Å². The highest BCUT2D eigenvalue weighted by Gasteiger charge is 2.13. The molecule has 0 aliphatic heterocycles. The summed E-state index contributed by atoms with van der Waals surface area (Å²) in [5.74, 6) is -0.169. The number of nitrogens with one attached hydrogen (secondary N) is 1. The quantitative estimate of drug-likeness (QED) is 0.699. The van der Waals surface area contributed by atoms with Gasteiger partial charge in [-0.3, -0.25) is 0 Å². The van der Waals surface area contributed by atoms with Crippen LogP contribution in [0.2, 0.25) is 0 Å².